The van der Waals surface area contributed by atoms with Crippen LogP contribution in [0.1, 0.15) is 31.4 Å². The van der Waals surface area contributed by atoms with Crippen LogP contribution in [0.2, 0.25) is 5.02 Å². The van der Waals surface area contributed by atoms with Crippen molar-refractivity contribution in [2.75, 3.05) is 26.7 Å². The van der Waals surface area contributed by atoms with Crippen LogP contribution in [0.25, 0.3) is 0 Å². The summed E-state index contributed by atoms with van der Waals surface area (Å²) in [5.74, 6) is 0.853. The molecule has 1 aliphatic rings. The van der Waals surface area contributed by atoms with Crippen LogP contribution in [-0.2, 0) is 0 Å². The minimum atomic E-state index is 0.382. The molecule has 1 heterocycles. The van der Waals surface area contributed by atoms with Crippen LogP contribution in [0, 0.1) is 5.92 Å². The monoisotopic (exact) mass is 266 g/mol. The molecule has 2 nitrogen and oxygen atoms in total. The lowest BCUT2D eigenvalue weighted by Gasteiger charge is -2.26. The summed E-state index contributed by atoms with van der Waals surface area (Å²) in [6.07, 6.45) is 2.60. The summed E-state index contributed by atoms with van der Waals surface area (Å²) >= 11 is 6.25. The van der Waals surface area contributed by atoms with E-state index in [2.05, 4.69) is 36.3 Å². The van der Waals surface area contributed by atoms with Gasteiger partial charge in [-0.05, 0) is 64.0 Å². The van der Waals surface area contributed by atoms with Crippen molar-refractivity contribution >= 4 is 11.6 Å². The van der Waals surface area contributed by atoms with Crippen LogP contribution in [0.15, 0.2) is 24.3 Å². The highest BCUT2D eigenvalue weighted by molar-refractivity contribution is 6.31. The normalized spacial score (nSPS) is 21.4. The maximum atomic E-state index is 6.25. The van der Waals surface area contributed by atoms with Gasteiger partial charge in [0.1, 0.15) is 0 Å². The van der Waals surface area contributed by atoms with Crippen molar-refractivity contribution in [3.05, 3.63) is 34.9 Å². The third kappa shape index (κ3) is 3.47. The van der Waals surface area contributed by atoms with Crippen LogP contribution in [-0.4, -0.2) is 31.6 Å². The third-order valence-corrected chi connectivity index (χ3v) is 4.41. The van der Waals surface area contributed by atoms with E-state index in [-0.39, 0.29) is 0 Å². The summed E-state index contributed by atoms with van der Waals surface area (Å²) in [7, 11) is 2.19. The Hall–Kier alpha value is -0.570. The number of rotatable bonds is 5. The molecule has 18 heavy (non-hydrogen) atoms. The van der Waals surface area contributed by atoms with Crippen molar-refractivity contribution in [1.29, 1.82) is 0 Å². The predicted molar refractivity (Wildman–Crippen MR) is 78.1 cm³/mol. The van der Waals surface area contributed by atoms with Gasteiger partial charge in [0.15, 0.2) is 0 Å². The fraction of sp³-hybridized carbons (Fsp3) is 0.600. The zero-order valence-electron chi connectivity index (χ0n) is 11.3. The van der Waals surface area contributed by atoms with E-state index in [1.807, 2.05) is 12.1 Å². The van der Waals surface area contributed by atoms with E-state index in [1.54, 1.807) is 0 Å². The number of nitrogens with one attached hydrogen (secondary N) is 1. The molecule has 1 saturated heterocycles. The number of hydrogen-bond donors (Lipinski definition) is 1. The van der Waals surface area contributed by atoms with Crippen LogP contribution >= 0.6 is 11.6 Å². The standard InChI is InChI=1S/C15H23ClN2/c1-12(14-5-3-4-6-15(14)16)18(2)10-8-13-7-9-17-11-13/h3-6,12-13,17H,7-11H2,1-2H3. The van der Waals surface area contributed by atoms with Crippen molar-refractivity contribution < 1.29 is 0 Å². The maximum absolute atomic E-state index is 6.25. The van der Waals surface area contributed by atoms with Crippen molar-refractivity contribution in [3.8, 4) is 0 Å². The summed E-state index contributed by atoms with van der Waals surface area (Å²) < 4.78 is 0. The summed E-state index contributed by atoms with van der Waals surface area (Å²) in [4.78, 5) is 2.40. The number of benzene rings is 1. The molecular weight excluding hydrogens is 244 g/mol. The molecule has 1 N–H and O–H groups in total. The number of nitrogens with zero attached hydrogens (tertiary/aromatic N) is 1. The zero-order chi connectivity index (χ0) is 13.0. The van der Waals surface area contributed by atoms with E-state index in [9.17, 15) is 0 Å². The summed E-state index contributed by atoms with van der Waals surface area (Å²) in [6.45, 7) is 5.75. The van der Waals surface area contributed by atoms with Gasteiger partial charge in [0, 0.05) is 11.1 Å². The van der Waals surface area contributed by atoms with Gasteiger partial charge in [0.2, 0.25) is 0 Å². The number of halogens is 1. The van der Waals surface area contributed by atoms with Crippen LogP contribution in [0.5, 0.6) is 0 Å². The SMILES string of the molecule is CC(c1ccccc1Cl)N(C)CCC1CCNC1. The molecule has 0 aliphatic carbocycles. The molecule has 0 aromatic heterocycles. The van der Waals surface area contributed by atoms with Gasteiger partial charge in [-0.25, -0.2) is 0 Å². The Morgan fingerprint density at radius 2 is 2.22 bits per heavy atom. The van der Waals surface area contributed by atoms with Gasteiger partial charge in [0.25, 0.3) is 0 Å². The van der Waals surface area contributed by atoms with Gasteiger partial charge in [-0.2, -0.15) is 0 Å². The second kappa shape index (κ2) is 6.55. The van der Waals surface area contributed by atoms with Crippen molar-refractivity contribution in [2.45, 2.75) is 25.8 Å². The second-order valence-corrected chi connectivity index (χ2v) is 5.73. The Morgan fingerprint density at radius 1 is 1.44 bits per heavy atom. The Morgan fingerprint density at radius 3 is 2.89 bits per heavy atom. The first-order chi connectivity index (χ1) is 8.68. The van der Waals surface area contributed by atoms with Gasteiger partial charge >= 0.3 is 0 Å². The van der Waals surface area contributed by atoms with Gasteiger partial charge < -0.3 is 5.32 Å². The lowest BCUT2D eigenvalue weighted by Crippen LogP contribution is -2.25. The molecule has 0 radical (unpaired) electrons. The highest BCUT2D eigenvalue weighted by atomic mass is 35.5. The molecule has 0 saturated carbocycles. The van der Waals surface area contributed by atoms with E-state index < -0.39 is 0 Å². The lowest BCUT2D eigenvalue weighted by atomic mass is 10.0. The van der Waals surface area contributed by atoms with E-state index in [1.165, 1.54) is 31.5 Å². The molecule has 0 bridgehead atoms. The predicted octanol–water partition coefficient (Wildman–Crippen LogP) is 3.33. The van der Waals surface area contributed by atoms with Gasteiger partial charge in [-0.15, -0.1) is 0 Å². The van der Waals surface area contributed by atoms with Gasteiger partial charge in [-0.1, -0.05) is 29.8 Å². The Kier molecular flexibility index (Phi) is 5.04. The van der Waals surface area contributed by atoms with Gasteiger partial charge in [0.05, 0.1) is 0 Å². The molecule has 1 aromatic rings. The zero-order valence-corrected chi connectivity index (χ0v) is 12.1. The van der Waals surface area contributed by atoms with E-state index in [0.717, 1.165) is 17.5 Å². The quantitative estimate of drug-likeness (QED) is 0.880. The fourth-order valence-electron chi connectivity index (χ4n) is 2.59. The van der Waals surface area contributed by atoms with Crippen LogP contribution < -0.4 is 5.32 Å². The first kappa shape index (κ1) is 13.9. The van der Waals surface area contributed by atoms with Crippen molar-refractivity contribution in [2.24, 2.45) is 5.92 Å². The highest BCUT2D eigenvalue weighted by Gasteiger charge is 2.18. The fourth-order valence-corrected chi connectivity index (χ4v) is 2.89. The van der Waals surface area contributed by atoms with Crippen molar-refractivity contribution in [1.82, 2.24) is 10.2 Å². The molecule has 3 heteroatoms. The van der Waals surface area contributed by atoms with Crippen LogP contribution in [0.4, 0.5) is 0 Å². The first-order valence-corrected chi connectivity index (χ1v) is 7.21. The molecule has 2 atom stereocenters. The number of hydrogen-bond acceptors (Lipinski definition) is 2. The molecule has 2 unspecified atom stereocenters. The Bertz CT molecular complexity index is 375. The summed E-state index contributed by atoms with van der Waals surface area (Å²) in [5.41, 5.74) is 1.23. The van der Waals surface area contributed by atoms with Crippen molar-refractivity contribution in [3.63, 3.8) is 0 Å². The molecular formula is C15H23ClN2. The largest absolute Gasteiger partial charge is 0.316 e. The lowest BCUT2D eigenvalue weighted by molar-refractivity contribution is 0.243. The average molecular weight is 267 g/mol. The molecule has 0 spiro atoms. The minimum absolute atomic E-state index is 0.382. The van der Waals surface area contributed by atoms with E-state index in [4.69, 9.17) is 11.6 Å². The molecule has 1 aliphatic heterocycles. The molecule has 1 fully saturated rings. The molecule has 100 valence electrons. The summed E-state index contributed by atoms with van der Waals surface area (Å²) in [5, 5.41) is 4.30. The Labute approximate surface area is 115 Å². The highest BCUT2D eigenvalue weighted by Crippen LogP contribution is 2.26. The smallest absolute Gasteiger partial charge is 0.0453 e. The third-order valence-electron chi connectivity index (χ3n) is 4.07. The van der Waals surface area contributed by atoms with Gasteiger partial charge in [-0.3, -0.25) is 4.90 Å². The summed E-state index contributed by atoms with van der Waals surface area (Å²) in [6, 6.07) is 8.53. The molecule has 0 amide bonds. The van der Waals surface area contributed by atoms with E-state index in [0.29, 0.717) is 6.04 Å². The molecule has 2 rings (SSSR count). The topological polar surface area (TPSA) is 15.3 Å². The van der Waals surface area contributed by atoms with Crippen LogP contribution in [0.3, 0.4) is 0 Å². The Balaban J connectivity index is 1.88. The van der Waals surface area contributed by atoms with E-state index >= 15 is 0 Å². The maximum Gasteiger partial charge on any atom is 0.0453 e. The minimum Gasteiger partial charge on any atom is -0.316 e. The first-order valence-electron chi connectivity index (χ1n) is 6.84. The average Bonchev–Trinajstić information content (AvgIpc) is 2.89. The molecule has 1 aromatic carbocycles. The second-order valence-electron chi connectivity index (χ2n) is 5.33.